The molecular formula is C14H19N3O2. The first-order valence-electron chi connectivity index (χ1n) is 6.44. The fourth-order valence-corrected chi connectivity index (χ4v) is 1.94. The highest BCUT2D eigenvalue weighted by molar-refractivity contribution is 5.34. The number of para-hydroxylation sites is 1. The molecule has 19 heavy (non-hydrogen) atoms. The number of ether oxygens (including phenoxy) is 1. The predicted molar refractivity (Wildman–Crippen MR) is 71.9 cm³/mol. The highest BCUT2D eigenvalue weighted by atomic mass is 16.5. The Kier molecular flexibility index (Phi) is 4.52. The van der Waals surface area contributed by atoms with Crippen LogP contribution in [0.2, 0.25) is 0 Å². The van der Waals surface area contributed by atoms with Crippen molar-refractivity contribution in [1.82, 2.24) is 10.1 Å². The first kappa shape index (κ1) is 13.5. The topological polar surface area (TPSA) is 74.2 Å². The molecule has 5 nitrogen and oxygen atoms in total. The van der Waals surface area contributed by atoms with Crippen LogP contribution in [0.25, 0.3) is 0 Å². The molecule has 0 spiro atoms. The lowest BCUT2D eigenvalue weighted by molar-refractivity contribution is 0.370. The molecule has 5 heteroatoms. The van der Waals surface area contributed by atoms with Gasteiger partial charge in [0.1, 0.15) is 5.75 Å². The van der Waals surface area contributed by atoms with E-state index in [2.05, 4.69) is 17.1 Å². The van der Waals surface area contributed by atoms with Crippen molar-refractivity contribution >= 4 is 0 Å². The highest BCUT2D eigenvalue weighted by Gasteiger charge is 2.14. The number of methoxy groups -OCH3 is 1. The SMILES string of the molecule is CCCC(N)c1noc(Cc2ccccc2OC)n1. The Bertz CT molecular complexity index is 525. The smallest absolute Gasteiger partial charge is 0.231 e. The molecule has 102 valence electrons. The van der Waals surface area contributed by atoms with Gasteiger partial charge in [0, 0.05) is 5.56 Å². The maximum atomic E-state index is 5.96. The summed E-state index contributed by atoms with van der Waals surface area (Å²) in [6, 6.07) is 7.63. The monoisotopic (exact) mass is 261 g/mol. The van der Waals surface area contributed by atoms with E-state index in [1.54, 1.807) is 7.11 Å². The Hall–Kier alpha value is -1.88. The Labute approximate surface area is 112 Å². The lowest BCUT2D eigenvalue weighted by Crippen LogP contribution is -2.11. The summed E-state index contributed by atoms with van der Waals surface area (Å²) in [6.45, 7) is 2.08. The van der Waals surface area contributed by atoms with Crippen LogP contribution >= 0.6 is 0 Å². The van der Waals surface area contributed by atoms with Crippen molar-refractivity contribution in [1.29, 1.82) is 0 Å². The van der Waals surface area contributed by atoms with Gasteiger partial charge in [-0.25, -0.2) is 0 Å². The maximum absolute atomic E-state index is 5.96. The minimum absolute atomic E-state index is 0.153. The van der Waals surface area contributed by atoms with Crippen molar-refractivity contribution in [2.24, 2.45) is 5.73 Å². The molecule has 1 heterocycles. The largest absolute Gasteiger partial charge is 0.496 e. The quantitative estimate of drug-likeness (QED) is 0.864. The highest BCUT2D eigenvalue weighted by Crippen LogP contribution is 2.21. The molecule has 0 bridgehead atoms. The van der Waals surface area contributed by atoms with Crippen LogP contribution in [0.1, 0.15) is 43.1 Å². The first-order valence-corrected chi connectivity index (χ1v) is 6.44. The number of hydrogen-bond donors (Lipinski definition) is 1. The van der Waals surface area contributed by atoms with Crippen LogP contribution < -0.4 is 10.5 Å². The molecule has 0 radical (unpaired) electrons. The number of hydrogen-bond acceptors (Lipinski definition) is 5. The average Bonchev–Trinajstić information content (AvgIpc) is 2.88. The van der Waals surface area contributed by atoms with Crippen LogP contribution in [0.3, 0.4) is 0 Å². The molecule has 1 unspecified atom stereocenters. The van der Waals surface area contributed by atoms with Gasteiger partial charge in [-0.15, -0.1) is 0 Å². The lowest BCUT2D eigenvalue weighted by atomic mass is 10.1. The summed E-state index contributed by atoms with van der Waals surface area (Å²) in [5.74, 6) is 1.96. The van der Waals surface area contributed by atoms with E-state index in [0.29, 0.717) is 18.1 Å². The number of aromatic nitrogens is 2. The molecule has 0 aliphatic rings. The van der Waals surface area contributed by atoms with Crippen molar-refractivity contribution in [3.05, 3.63) is 41.5 Å². The number of nitrogens with zero attached hydrogens (tertiary/aromatic N) is 2. The average molecular weight is 261 g/mol. The van der Waals surface area contributed by atoms with Gasteiger partial charge in [-0.1, -0.05) is 36.7 Å². The van der Waals surface area contributed by atoms with Crippen LogP contribution in [0.15, 0.2) is 28.8 Å². The summed E-state index contributed by atoms with van der Waals surface area (Å²) >= 11 is 0. The molecule has 2 rings (SSSR count). The summed E-state index contributed by atoms with van der Waals surface area (Å²) in [4.78, 5) is 4.34. The van der Waals surface area contributed by atoms with E-state index in [4.69, 9.17) is 15.0 Å². The molecule has 1 aromatic heterocycles. The van der Waals surface area contributed by atoms with Crippen LogP contribution in [0, 0.1) is 0 Å². The molecule has 1 atom stereocenters. The number of rotatable bonds is 6. The molecule has 0 saturated heterocycles. The van der Waals surface area contributed by atoms with Gasteiger partial charge in [0.05, 0.1) is 19.6 Å². The van der Waals surface area contributed by atoms with Crippen molar-refractivity contribution in [2.75, 3.05) is 7.11 Å². The van der Waals surface area contributed by atoms with E-state index in [1.807, 2.05) is 24.3 Å². The second kappa shape index (κ2) is 6.33. The van der Waals surface area contributed by atoms with Crippen molar-refractivity contribution in [2.45, 2.75) is 32.2 Å². The predicted octanol–water partition coefficient (Wildman–Crippen LogP) is 2.47. The Morgan fingerprint density at radius 2 is 2.16 bits per heavy atom. The zero-order chi connectivity index (χ0) is 13.7. The van der Waals surface area contributed by atoms with Crippen molar-refractivity contribution < 1.29 is 9.26 Å². The van der Waals surface area contributed by atoms with Gasteiger partial charge in [-0.2, -0.15) is 4.98 Å². The number of benzene rings is 1. The summed E-state index contributed by atoms with van der Waals surface area (Å²) in [6.07, 6.45) is 2.40. The third kappa shape index (κ3) is 3.32. The van der Waals surface area contributed by atoms with Gasteiger partial charge in [-0.05, 0) is 12.5 Å². The fourth-order valence-electron chi connectivity index (χ4n) is 1.94. The van der Waals surface area contributed by atoms with Crippen LogP contribution in [-0.4, -0.2) is 17.3 Å². The van der Waals surface area contributed by atoms with Crippen molar-refractivity contribution in [3.8, 4) is 5.75 Å². The Morgan fingerprint density at radius 3 is 2.89 bits per heavy atom. The van der Waals surface area contributed by atoms with E-state index in [0.717, 1.165) is 24.2 Å². The van der Waals surface area contributed by atoms with E-state index >= 15 is 0 Å². The molecule has 0 amide bonds. The van der Waals surface area contributed by atoms with Crippen LogP contribution in [-0.2, 0) is 6.42 Å². The summed E-state index contributed by atoms with van der Waals surface area (Å²) in [7, 11) is 1.65. The van der Waals surface area contributed by atoms with Gasteiger partial charge in [-0.3, -0.25) is 0 Å². The van der Waals surface area contributed by atoms with E-state index < -0.39 is 0 Å². The third-order valence-corrected chi connectivity index (χ3v) is 2.95. The molecular weight excluding hydrogens is 242 g/mol. The molecule has 0 aliphatic carbocycles. The molecule has 0 fully saturated rings. The van der Waals surface area contributed by atoms with Crippen LogP contribution in [0.5, 0.6) is 5.75 Å². The standard InChI is InChI=1S/C14H19N3O2/c1-3-6-11(15)14-16-13(19-17-14)9-10-7-4-5-8-12(10)18-2/h4-5,7-8,11H,3,6,9,15H2,1-2H3. The summed E-state index contributed by atoms with van der Waals surface area (Å²) in [5.41, 5.74) is 6.98. The number of nitrogens with two attached hydrogens (primary N) is 1. The maximum Gasteiger partial charge on any atom is 0.231 e. The van der Waals surface area contributed by atoms with Gasteiger partial charge in [0.15, 0.2) is 5.82 Å². The Balaban J connectivity index is 2.11. The zero-order valence-electron chi connectivity index (χ0n) is 11.3. The van der Waals surface area contributed by atoms with Gasteiger partial charge in [0.25, 0.3) is 0 Å². The minimum Gasteiger partial charge on any atom is -0.496 e. The third-order valence-electron chi connectivity index (χ3n) is 2.95. The van der Waals surface area contributed by atoms with E-state index in [1.165, 1.54) is 0 Å². The van der Waals surface area contributed by atoms with E-state index in [-0.39, 0.29) is 6.04 Å². The normalized spacial score (nSPS) is 12.4. The molecule has 0 saturated carbocycles. The fraction of sp³-hybridized carbons (Fsp3) is 0.429. The minimum atomic E-state index is -0.153. The van der Waals surface area contributed by atoms with Gasteiger partial charge >= 0.3 is 0 Å². The molecule has 2 aromatic rings. The first-order chi connectivity index (χ1) is 9.24. The second-order valence-corrected chi connectivity index (χ2v) is 4.43. The second-order valence-electron chi connectivity index (χ2n) is 4.43. The van der Waals surface area contributed by atoms with Crippen molar-refractivity contribution in [3.63, 3.8) is 0 Å². The zero-order valence-corrected chi connectivity index (χ0v) is 11.3. The van der Waals surface area contributed by atoms with Gasteiger partial charge < -0.3 is 15.0 Å². The van der Waals surface area contributed by atoms with Gasteiger partial charge in [0.2, 0.25) is 5.89 Å². The lowest BCUT2D eigenvalue weighted by Gasteiger charge is -2.05. The summed E-state index contributed by atoms with van der Waals surface area (Å²) < 4.78 is 10.5. The molecule has 0 aliphatic heterocycles. The summed E-state index contributed by atoms with van der Waals surface area (Å²) in [5, 5.41) is 3.93. The van der Waals surface area contributed by atoms with Crippen LogP contribution in [0.4, 0.5) is 0 Å². The molecule has 1 aromatic carbocycles. The Morgan fingerprint density at radius 1 is 1.37 bits per heavy atom. The van der Waals surface area contributed by atoms with E-state index in [9.17, 15) is 0 Å². The molecule has 2 N–H and O–H groups in total.